The number of ether oxygens (including phenoxy) is 1. The van der Waals surface area contributed by atoms with Crippen molar-refractivity contribution >= 4 is 0 Å². The number of piperazine rings is 1. The molecule has 2 aliphatic rings. The molecule has 1 aliphatic carbocycles. The highest BCUT2D eigenvalue weighted by molar-refractivity contribution is 5.41. The summed E-state index contributed by atoms with van der Waals surface area (Å²) < 4.78 is 6.10. The Hall–Kier alpha value is -1.06. The summed E-state index contributed by atoms with van der Waals surface area (Å²) in [6, 6.07) is 7.47. The molecule has 1 aromatic rings. The van der Waals surface area contributed by atoms with Crippen molar-refractivity contribution in [3.8, 4) is 5.75 Å². The lowest BCUT2D eigenvalue weighted by atomic mass is 10.1. The van der Waals surface area contributed by atoms with Gasteiger partial charge in [-0.15, -0.1) is 0 Å². The summed E-state index contributed by atoms with van der Waals surface area (Å²) in [5.41, 5.74) is 3.08. The van der Waals surface area contributed by atoms with Crippen LogP contribution in [0.1, 0.15) is 82.4 Å². The first-order valence-electron chi connectivity index (χ1n) is 11.5. The topological polar surface area (TPSA) is 15.7 Å². The Balaban J connectivity index is 1.44. The molecule has 1 fully saturated rings. The van der Waals surface area contributed by atoms with E-state index in [0.717, 1.165) is 12.4 Å². The van der Waals surface area contributed by atoms with E-state index < -0.39 is 0 Å². The largest absolute Gasteiger partial charge is 0.494 e. The molecule has 0 radical (unpaired) electrons. The Bertz CT molecular complexity index is 551. The van der Waals surface area contributed by atoms with Crippen LogP contribution in [0.5, 0.6) is 5.75 Å². The first kappa shape index (κ1) is 20.7. The third kappa shape index (κ3) is 5.96. The molecule has 0 aromatic heterocycles. The Labute approximate surface area is 167 Å². The van der Waals surface area contributed by atoms with Gasteiger partial charge in [0.05, 0.1) is 6.61 Å². The zero-order valence-corrected chi connectivity index (χ0v) is 17.7. The highest BCUT2D eigenvalue weighted by Crippen LogP contribution is 2.38. The van der Waals surface area contributed by atoms with Crippen LogP contribution in [0.25, 0.3) is 0 Å². The summed E-state index contributed by atoms with van der Waals surface area (Å²) in [5.74, 6) is 1.08. The summed E-state index contributed by atoms with van der Waals surface area (Å²) in [6.45, 7) is 11.5. The predicted octanol–water partition coefficient (Wildman–Crippen LogP) is 5.44. The lowest BCUT2D eigenvalue weighted by Gasteiger charge is -2.38. The fourth-order valence-corrected chi connectivity index (χ4v) is 4.67. The van der Waals surface area contributed by atoms with Crippen molar-refractivity contribution in [2.45, 2.75) is 77.7 Å². The van der Waals surface area contributed by atoms with Gasteiger partial charge in [0.15, 0.2) is 0 Å². The van der Waals surface area contributed by atoms with Crippen LogP contribution in [0.2, 0.25) is 0 Å². The summed E-state index contributed by atoms with van der Waals surface area (Å²) in [5, 5.41) is 0. The molecule has 1 aliphatic heterocycles. The predicted molar refractivity (Wildman–Crippen MR) is 115 cm³/mol. The van der Waals surface area contributed by atoms with Gasteiger partial charge in [0.1, 0.15) is 5.75 Å². The number of hydrogen-bond donors (Lipinski definition) is 0. The van der Waals surface area contributed by atoms with Crippen molar-refractivity contribution in [3.63, 3.8) is 0 Å². The van der Waals surface area contributed by atoms with E-state index in [1.165, 1.54) is 96.1 Å². The summed E-state index contributed by atoms with van der Waals surface area (Å²) >= 11 is 0. The van der Waals surface area contributed by atoms with Crippen LogP contribution < -0.4 is 4.74 Å². The van der Waals surface area contributed by atoms with Gasteiger partial charge in [0.2, 0.25) is 0 Å². The fourth-order valence-electron chi connectivity index (χ4n) is 4.67. The van der Waals surface area contributed by atoms with Crippen LogP contribution in [0.15, 0.2) is 18.2 Å². The normalized spacial score (nSPS) is 20.7. The van der Waals surface area contributed by atoms with E-state index in [4.69, 9.17) is 4.74 Å². The molecule has 1 unspecified atom stereocenters. The number of rotatable bonds is 11. The molecule has 0 amide bonds. The van der Waals surface area contributed by atoms with Gasteiger partial charge in [-0.2, -0.15) is 0 Å². The van der Waals surface area contributed by atoms with Crippen molar-refractivity contribution < 1.29 is 4.74 Å². The van der Waals surface area contributed by atoms with Gasteiger partial charge in [-0.3, -0.25) is 4.90 Å². The maximum Gasteiger partial charge on any atom is 0.119 e. The number of hydrogen-bond acceptors (Lipinski definition) is 3. The third-order valence-corrected chi connectivity index (χ3v) is 6.47. The summed E-state index contributed by atoms with van der Waals surface area (Å²) in [6.07, 6.45) is 11.9. The SMILES string of the molecule is CCCCCCCCCOc1ccc2c(c1)C(N1CCN(CC)CC1)CC2. The molecule has 152 valence electrons. The lowest BCUT2D eigenvalue weighted by molar-refractivity contribution is 0.0993. The molecule has 1 atom stereocenters. The number of likely N-dealkylation sites (N-methyl/N-ethyl adjacent to an activating group) is 1. The first-order chi connectivity index (χ1) is 13.3. The molecular formula is C24H40N2O. The van der Waals surface area contributed by atoms with E-state index in [-0.39, 0.29) is 0 Å². The number of fused-ring (bicyclic) bond motifs is 1. The van der Waals surface area contributed by atoms with Gasteiger partial charge in [0.25, 0.3) is 0 Å². The minimum absolute atomic E-state index is 0.612. The molecule has 27 heavy (non-hydrogen) atoms. The smallest absolute Gasteiger partial charge is 0.119 e. The fraction of sp³-hybridized carbons (Fsp3) is 0.750. The second-order valence-electron chi connectivity index (χ2n) is 8.36. The van der Waals surface area contributed by atoms with Crippen LogP contribution >= 0.6 is 0 Å². The van der Waals surface area contributed by atoms with Crippen LogP contribution in [0.4, 0.5) is 0 Å². The highest BCUT2D eigenvalue weighted by atomic mass is 16.5. The van der Waals surface area contributed by atoms with E-state index in [1.807, 2.05) is 0 Å². The van der Waals surface area contributed by atoms with Gasteiger partial charge in [-0.25, -0.2) is 0 Å². The summed E-state index contributed by atoms with van der Waals surface area (Å²) in [7, 11) is 0. The zero-order chi connectivity index (χ0) is 18.9. The maximum atomic E-state index is 6.10. The molecule has 0 bridgehead atoms. The Morgan fingerprint density at radius 2 is 1.67 bits per heavy atom. The molecule has 3 nitrogen and oxygen atoms in total. The minimum atomic E-state index is 0.612. The maximum absolute atomic E-state index is 6.10. The zero-order valence-electron chi connectivity index (χ0n) is 17.7. The van der Waals surface area contributed by atoms with Crippen LogP contribution in [-0.2, 0) is 6.42 Å². The molecule has 0 spiro atoms. The number of unbranched alkanes of at least 4 members (excludes halogenated alkanes) is 6. The second-order valence-corrected chi connectivity index (χ2v) is 8.36. The van der Waals surface area contributed by atoms with E-state index >= 15 is 0 Å². The monoisotopic (exact) mass is 372 g/mol. The highest BCUT2D eigenvalue weighted by Gasteiger charge is 2.30. The van der Waals surface area contributed by atoms with Crippen LogP contribution in [0.3, 0.4) is 0 Å². The number of aryl methyl sites for hydroxylation is 1. The van der Waals surface area contributed by atoms with E-state index in [0.29, 0.717) is 6.04 Å². The molecule has 1 aromatic carbocycles. The van der Waals surface area contributed by atoms with Crippen LogP contribution in [0, 0.1) is 0 Å². The van der Waals surface area contributed by atoms with Gasteiger partial charge in [0, 0.05) is 32.2 Å². The van der Waals surface area contributed by atoms with Crippen molar-refractivity contribution in [3.05, 3.63) is 29.3 Å². The molecule has 0 saturated carbocycles. The molecule has 3 rings (SSSR count). The first-order valence-corrected chi connectivity index (χ1v) is 11.5. The van der Waals surface area contributed by atoms with Gasteiger partial charge < -0.3 is 9.64 Å². The Morgan fingerprint density at radius 3 is 2.41 bits per heavy atom. The molecular weight excluding hydrogens is 332 g/mol. The minimum Gasteiger partial charge on any atom is -0.494 e. The van der Waals surface area contributed by atoms with E-state index in [2.05, 4.69) is 41.8 Å². The molecule has 0 N–H and O–H groups in total. The Kier molecular flexibility index (Phi) is 8.47. The molecule has 1 heterocycles. The van der Waals surface area contributed by atoms with Gasteiger partial charge >= 0.3 is 0 Å². The molecule has 1 saturated heterocycles. The van der Waals surface area contributed by atoms with E-state index in [9.17, 15) is 0 Å². The Morgan fingerprint density at radius 1 is 0.926 bits per heavy atom. The third-order valence-electron chi connectivity index (χ3n) is 6.47. The number of benzene rings is 1. The van der Waals surface area contributed by atoms with Gasteiger partial charge in [-0.1, -0.05) is 58.4 Å². The van der Waals surface area contributed by atoms with Crippen molar-refractivity contribution in [1.29, 1.82) is 0 Å². The number of nitrogens with zero attached hydrogens (tertiary/aromatic N) is 2. The standard InChI is InChI=1S/C24H40N2O/c1-3-5-6-7-8-9-10-19-27-22-13-11-21-12-14-24(23(21)20-22)26-17-15-25(4-2)16-18-26/h11,13,20,24H,3-10,12,14-19H2,1-2H3. The van der Waals surface area contributed by atoms with Crippen molar-refractivity contribution in [2.75, 3.05) is 39.3 Å². The lowest BCUT2D eigenvalue weighted by Crippen LogP contribution is -2.47. The van der Waals surface area contributed by atoms with Gasteiger partial charge in [-0.05, 0) is 49.1 Å². The average Bonchev–Trinajstić information content (AvgIpc) is 3.13. The van der Waals surface area contributed by atoms with E-state index in [1.54, 1.807) is 5.56 Å². The molecule has 3 heteroatoms. The second kappa shape index (κ2) is 11.1. The quantitative estimate of drug-likeness (QED) is 0.481. The summed E-state index contributed by atoms with van der Waals surface area (Å²) in [4.78, 5) is 5.27. The van der Waals surface area contributed by atoms with Crippen LogP contribution in [-0.4, -0.2) is 49.1 Å². The van der Waals surface area contributed by atoms with Crippen molar-refractivity contribution in [2.24, 2.45) is 0 Å². The van der Waals surface area contributed by atoms with Crippen molar-refractivity contribution in [1.82, 2.24) is 9.80 Å². The average molecular weight is 373 g/mol.